The second-order valence-electron chi connectivity index (χ2n) is 4.94. The Morgan fingerprint density at radius 1 is 1.33 bits per heavy atom. The second-order valence-corrected chi connectivity index (χ2v) is 7.26. The van der Waals surface area contributed by atoms with Crippen LogP contribution in [-0.2, 0) is 11.3 Å². The lowest BCUT2D eigenvalue weighted by Crippen LogP contribution is -2.30. The van der Waals surface area contributed by atoms with Gasteiger partial charge in [-0.1, -0.05) is 17.8 Å². The van der Waals surface area contributed by atoms with Crippen LogP contribution < -0.4 is 5.32 Å². The zero-order valence-electron chi connectivity index (χ0n) is 12.7. The third-order valence-electron chi connectivity index (χ3n) is 3.16. The molecule has 1 aromatic carbocycles. The van der Waals surface area contributed by atoms with Crippen molar-refractivity contribution in [3.8, 4) is 11.5 Å². The summed E-state index contributed by atoms with van der Waals surface area (Å²) in [5.41, 5.74) is 0.630. The summed E-state index contributed by atoms with van der Waals surface area (Å²) in [5.74, 6) is -0.137. The number of nitrogens with one attached hydrogen (secondary N) is 1. The molecule has 2 aromatic heterocycles. The highest BCUT2D eigenvalue weighted by Gasteiger charge is 2.18. The molecule has 0 bridgehead atoms. The Labute approximate surface area is 146 Å². The van der Waals surface area contributed by atoms with Gasteiger partial charge in [-0.2, -0.15) is 0 Å². The molecule has 0 aliphatic carbocycles. The molecule has 5 nitrogen and oxygen atoms in total. The lowest BCUT2D eigenvalue weighted by Gasteiger charge is -2.08. The van der Waals surface area contributed by atoms with E-state index in [1.54, 1.807) is 30.4 Å². The van der Waals surface area contributed by atoms with Gasteiger partial charge in [0.25, 0.3) is 5.22 Å². The number of rotatable bonds is 6. The van der Waals surface area contributed by atoms with E-state index in [4.69, 9.17) is 4.42 Å². The number of thioether (sulfide) groups is 1. The van der Waals surface area contributed by atoms with Crippen molar-refractivity contribution in [1.29, 1.82) is 0 Å². The van der Waals surface area contributed by atoms with Crippen molar-refractivity contribution < 1.29 is 13.6 Å². The molecule has 124 valence electrons. The topological polar surface area (TPSA) is 68.0 Å². The standard InChI is InChI=1S/C16H14FN3O2S2/c1-10(14(21)18-9-13-3-2-8-23-13)24-16-20-19-15(22-16)11-4-6-12(17)7-5-11/h2-8,10H,9H2,1H3,(H,18,21)/t10-/m1/s1. The Morgan fingerprint density at radius 2 is 2.12 bits per heavy atom. The molecule has 24 heavy (non-hydrogen) atoms. The average Bonchev–Trinajstić information content (AvgIpc) is 3.25. The maximum atomic E-state index is 12.9. The van der Waals surface area contributed by atoms with E-state index < -0.39 is 0 Å². The molecule has 0 aliphatic heterocycles. The SMILES string of the molecule is C[C@@H](Sc1nnc(-c2ccc(F)cc2)o1)C(=O)NCc1cccs1. The number of carbonyl (C=O) groups is 1. The highest BCUT2D eigenvalue weighted by atomic mass is 32.2. The molecular weight excluding hydrogens is 349 g/mol. The van der Waals surface area contributed by atoms with Gasteiger partial charge in [0.2, 0.25) is 11.8 Å². The van der Waals surface area contributed by atoms with E-state index in [0.717, 1.165) is 4.88 Å². The first-order chi connectivity index (χ1) is 11.6. The summed E-state index contributed by atoms with van der Waals surface area (Å²) >= 11 is 2.78. The first kappa shape index (κ1) is 16.7. The van der Waals surface area contributed by atoms with E-state index in [0.29, 0.717) is 23.2 Å². The van der Waals surface area contributed by atoms with Crippen LogP contribution in [-0.4, -0.2) is 21.4 Å². The number of halogens is 1. The third kappa shape index (κ3) is 4.21. The Kier molecular flexibility index (Phi) is 5.27. The van der Waals surface area contributed by atoms with Crippen molar-refractivity contribution in [1.82, 2.24) is 15.5 Å². The van der Waals surface area contributed by atoms with Gasteiger partial charge in [0.05, 0.1) is 11.8 Å². The number of benzene rings is 1. The van der Waals surface area contributed by atoms with Crippen LogP contribution >= 0.6 is 23.1 Å². The molecule has 1 amide bonds. The maximum absolute atomic E-state index is 12.9. The molecule has 3 aromatic rings. The number of thiophene rings is 1. The zero-order chi connectivity index (χ0) is 16.9. The second kappa shape index (κ2) is 7.59. The minimum absolute atomic E-state index is 0.102. The van der Waals surface area contributed by atoms with Crippen LogP contribution in [0.3, 0.4) is 0 Å². The molecule has 8 heteroatoms. The number of amides is 1. The first-order valence-corrected chi connectivity index (χ1v) is 8.94. The summed E-state index contributed by atoms with van der Waals surface area (Å²) < 4.78 is 18.4. The molecular formula is C16H14FN3O2S2. The van der Waals surface area contributed by atoms with Gasteiger partial charge in [0, 0.05) is 10.4 Å². The van der Waals surface area contributed by atoms with E-state index in [2.05, 4.69) is 15.5 Å². The lowest BCUT2D eigenvalue weighted by atomic mass is 10.2. The molecule has 0 radical (unpaired) electrons. The number of carbonyl (C=O) groups excluding carboxylic acids is 1. The molecule has 1 atom stereocenters. The summed E-state index contributed by atoms with van der Waals surface area (Å²) in [6, 6.07) is 9.69. The Bertz CT molecular complexity index is 803. The predicted molar refractivity (Wildman–Crippen MR) is 91.2 cm³/mol. The molecule has 0 saturated carbocycles. The van der Waals surface area contributed by atoms with Crippen LogP contribution in [0.4, 0.5) is 4.39 Å². The van der Waals surface area contributed by atoms with Crippen LogP contribution in [0.5, 0.6) is 0 Å². The van der Waals surface area contributed by atoms with E-state index in [1.165, 1.54) is 23.9 Å². The number of hydrogen-bond acceptors (Lipinski definition) is 6. The first-order valence-electron chi connectivity index (χ1n) is 7.18. The van der Waals surface area contributed by atoms with Gasteiger partial charge >= 0.3 is 0 Å². The largest absolute Gasteiger partial charge is 0.411 e. The molecule has 1 N–H and O–H groups in total. The van der Waals surface area contributed by atoms with Crippen molar-refractivity contribution in [2.75, 3.05) is 0 Å². The summed E-state index contributed by atoms with van der Waals surface area (Å²) in [4.78, 5) is 13.2. The third-order valence-corrected chi connectivity index (χ3v) is 4.97. The van der Waals surface area contributed by atoms with Crippen LogP contribution in [0.15, 0.2) is 51.4 Å². The molecule has 0 saturated heterocycles. The van der Waals surface area contributed by atoms with Gasteiger partial charge in [0.15, 0.2) is 0 Å². The minimum Gasteiger partial charge on any atom is -0.411 e. The number of aromatic nitrogens is 2. The fraction of sp³-hybridized carbons (Fsp3) is 0.188. The van der Waals surface area contributed by atoms with E-state index in [9.17, 15) is 9.18 Å². The van der Waals surface area contributed by atoms with Crippen LogP contribution in [0, 0.1) is 5.82 Å². The maximum Gasteiger partial charge on any atom is 0.277 e. The zero-order valence-corrected chi connectivity index (χ0v) is 14.4. The minimum atomic E-state index is -0.369. The van der Waals surface area contributed by atoms with Crippen LogP contribution in [0.1, 0.15) is 11.8 Å². The molecule has 3 rings (SSSR count). The van der Waals surface area contributed by atoms with Crippen molar-refractivity contribution >= 4 is 29.0 Å². The smallest absolute Gasteiger partial charge is 0.277 e. The molecule has 2 heterocycles. The lowest BCUT2D eigenvalue weighted by molar-refractivity contribution is -0.120. The monoisotopic (exact) mass is 363 g/mol. The molecule has 0 fully saturated rings. The fourth-order valence-electron chi connectivity index (χ4n) is 1.90. The summed E-state index contributed by atoms with van der Waals surface area (Å²) in [6.45, 7) is 2.28. The van der Waals surface area contributed by atoms with E-state index in [1.807, 2.05) is 17.5 Å². The van der Waals surface area contributed by atoms with E-state index in [-0.39, 0.29) is 17.0 Å². The fourth-order valence-corrected chi connectivity index (χ4v) is 3.25. The van der Waals surface area contributed by atoms with Gasteiger partial charge in [-0.3, -0.25) is 4.79 Å². The quantitative estimate of drug-likeness (QED) is 0.676. The molecule has 0 aliphatic rings. The average molecular weight is 363 g/mol. The van der Waals surface area contributed by atoms with Crippen molar-refractivity contribution in [2.45, 2.75) is 23.9 Å². The van der Waals surface area contributed by atoms with Gasteiger partial charge in [-0.05, 0) is 42.6 Å². The highest BCUT2D eigenvalue weighted by Crippen LogP contribution is 2.26. The van der Waals surface area contributed by atoms with Crippen molar-refractivity contribution in [3.63, 3.8) is 0 Å². The van der Waals surface area contributed by atoms with Gasteiger partial charge in [-0.15, -0.1) is 21.5 Å². The van der Waals surface area contributed by atoms with Crippen molar-refractivity contribution in [2.24, 2.45) is 0 Å². The molecule has 0 spiro atoms. The summed E-state index contributed by atoms with van der Waals surface area (Å²) in [6.07, 6.45) is 0. The van der Waals surface area contributed by atoms with Gasteiger partial charge in [-0.25, -0.2) is 4.39 Å². The van der Waals surface area contributed by atoms with Gasteiger partial charge in [0.1, 0.15) is 5.82 Å². The number of hydrogen-bond donors (Lipinski definition) is 1. The Morgan fingerprint density at radius 3 is 2.83 bits per heavy atom. The summed E-state index contributed by atoms with van der Waals surface area (Å²) in [5, 5.41) is 12.6. The Balaban J connectivity index is 1.57. The van der Waals surface area contributed by atoms with Crippen molar-refractivity contribution in [3.05, 3.63) is 52.5 Å². The van der Waals surface area contributed by atoms with Gasteiger partial charge < -0.3 is 9.73 Å². The van der Waals surface area contributed by atoms with Crippen LogP contribution in [0.25, 0.3) is 11.5 Å². The highest BCUT2D eigenvalue weighted by molar-refractivity contribution is 8.00. The van der Waals surface area contributed by atoms with Crippen LogP contribution in [0.2, 0.25) is 0 Å². The normalized spacial score (nSPS) is 12.1. The van der Waals surface area contributed by atoms with E-state index >= 15 is 0 Å². The Hall–Kier alpha value is -2.19. The predicted octanol–water partition coefficient (Wildman–Crippen LogP) is 3.73. The number of nitrogens with zero attached hydrogens (tertiary/aromatic N) is 2. The molecule has 0 unspecified atom stereocenters. The summed E-state index contributed by atoms with van der Waals surface area (Å²) in [7, 11) is 0.